The van der Waals surface area contributed by atoms with Gasteiger partial charge in [0, 0.05) is 18.7 Å². The van der Waals surface area contributed by atoms with Crippen molar-refractivity contribution in [3.63, 3.8) is 0 Å². The van der Waals surface area contributed by atoms with Gasteiger partial charge >= 0.3 is 0 Å². The zero-order chi connectivity index (χ0) is 16.4. The molecule has 23 heavy (non-hydrogen) atoms. The molecule has 0 atom stereocenters. The molecule has 0 fully saturated rings. The summed E-state index contributed by atoms with van der Waals surface area (Å²) < 4.78 is 0. The lowest BCUT2D eigenvalue weighted by Gasteiger charge is -2.20. The summed E-state index contributed by atoms with van der Waals surface area (Å²) in [4.78, 5) is 29.1. The van der Waals surface area contributed by atoms with E-state index in [1.54, 1.807) is 17.0 Å². The van der Waals surface area contributed by atoms with Crippen LogP contribution in [0.4, 0.5) is 17.1 Å². The van der Waals surface area contributed by atoms with Gasteiger partial charge in [-0.15, -0.1) is 0 Å². The number of para-hydroxylation sites is 2. The molecule has 1 heterocycles. The minimum Gasteiger partial charge on any atom is -0.310 e. The molecule has 0 saturated heterocycles. The Morgan fingerprint density at radius 2 is 1.87 bits per heavy atom. The van der Waals surface area contributed by atoms with Crippen molar-refractivity contribution < 1.29 is 9.72 Å². The maximum Gasteiger partial charge on any atom is 0.269 e. The van der Waals surface area contributed by atoms with E-state index in [1.807, 2.05) is 31.2 Å². The number of nitro groups is 1. The van der Waals surface area contributed by atoms with Crippen LogP contribution in [-0.2, 0) is 4.79 Å². The van der Waals surface area contributed by atoms with Gasteiger partial charge in [0.05, 0.1) is 28.4 Å². The number of carbonyl (C=O) groups excluding carboxylic acids is 1. The SMILES string of the molecule is CCN1C(=O)CC(c2ccc([N+](=O)[O-])cc2)=Nc2ccccc21. The van der Waals surface area contributed by atoms with Gasteiger partial charge in [0.1, 0.15) is 0 Å². The highest BCUT2D eigenvalue weighted by atomic mass is 16.6. The smallest absolute Gasteiger partial charge is 0.269 e. The molecule has 1 amide bonds. The number of nitrogens with zero attached hydrogens (tertiary/aromatic N) is 3. The molecule has 116 valence electrons. The van der Waals surface area contributed by atoms with Gasteiger partial charge in [-0.25, -0.2) is 0 Å². The summed E-state index contributed by atoms with van der Waals surface area (Å²) in [6.07, 6.45) is 0.167. The topological polar surface area (TPSA) is 75.8 Å². The summed E-state index contributed by atoms with van der Waals surface area (Å²) in [5.41, 5.74) is 2.88. The normalized spacial score (nSPS) is 14.0. The first-order valence-corrected chi connectivity index (χ1v) is 7.32. The number of anilines is 1. The maximum absolute atomic E-state index is 12.5. The predicted molar refractivity (Wildman–Crippen MR) is 88.4 cm³/mol. The van der Waals surface area contributed by atoms with Gasteiger partial charge in [-0.2, -0.15) is 0 Å². The average Bonchev–Trinajstić information content (AvgIpc) is 2.70. The van der Waals surface area contributed by atoms with Gasteiger partial charge in [0.2, 0.25) is 5.91 Å². The zero-order valence-corrected chi connectivity index (χ0v) is 12.6. The number of amides is 1. The minimum absolute atomic E-state index is 0.0184. The Morgan fingerprint density at radius 1 is 1.17 bits per heavy atom. The fraction of sp³-hybridized carbons (Fsp3) is 0.176. The van der Waals surface area contributed by atoms with E-state index >= 15 is 0 Å². The summed E-state index contributed by atoms with van der Waals surface area (Å²) in [6.45, 7) is 2.49. The van der Waals surface area contributed by atoms with Crippen molar-refractivity contribution in [1.82, 2.24) is 0 Å². The highest BCUT2D eigenvalue weighted by Crippen LogP contribution is 2.32. The predicted octanol–water partition coefficient (Wildman–Crippen LogP) is 3.47. The van der Waals surface area contributed by atoms with E-state index < -0.39 is 4.92 Å². The summed E-state index contributed by atoms with van der Waals surface area (Å²) in [5, 5.41) is 10.8. The zero-order valence-electron chi connectivity index (χ0n) is 12.6. The van der Waals surface area contributed by atoms with Crippen molar-refractivity contribution in [1.29, 1.82) is 0 Å². The van der Waals surface area contributed by atoms with Crippen LogP contribution < -0.4 is 4.90 Å². The summed E-state index contributed by atoms with van der Waals surface area (Å²) in [6, 6.07) is 13.6. The van der Waals surface area contributed by atoms with Crippen LogP contribution in [0.2, 0.25) is 0 Å². The van der Waals surface area contributed by atoms with Crippen LogP contribution in [0.1, 0.15) is 18.9 Å². The van der Waals surface area contributed by atoms with Crippen molar-refractivity contribution in [3.8, 4) is 0 Å². The molecule has 6 heteroatoms. The van der Waals surface area contributed by atoms with Gasteiger partial charge in [-0.1, -0.05) is 12.1 Å². The quantitative estimate of drug-likeness (QED) is 0.643. The van der Waals surface area contributed by atoms with Gasteiger partial charge in [0.15, 0.2) is 0 Å². The molecule has 1 aliphatic rings. The van der Waals surface area contributed by atoms with Crippen LogP contribution >= 0.6 is 0 Å². The Hall–Kier alpha value is -3.02. The van der Waals surface area contributed by atoms with Gasteiger partial charge in [-0.05, 0) is 36.8 Å². The fourth-order valence-corrected chi connectivity index (χ4v) is 2.63. The number of hydrogen-bond acceptors (Lipinski definition) is 4. The number of fused-ring (bicyclic) bond motifs is 1. The Morgan fingerprint density at radius 3 is 2.52 bits per heavy atom. The number of benzene rings is 2. The monoisotopic (exact) mass is 309 g/mol. The number of nitro benzene ring substituents is 1. The van der Waals surface area contributed by atoms with Crippen molar-refractivity contribution >= 4 is 28.7 Å². The number of non-ortho nitro benzene ring substituents is 1. The molecule has 0 N–H and O–H groups in total. The van der Waals surface area contributed by atoms with E-state index in [2.05, 4.69) is 4.99 Å². The number of rotatable bonds is 3. The molecule has 0 aliphatic carbocycles. The van der Waals surface area contributed by atoms with E-state index in [9.17, 15) is 14.9 Å². The van der Waals surface area contributed by atoms with E-state index in [0.29, 0.717) is 12.3 Å². The van der Waals surface area contributed by atoms with Crippen molar-refractivity contribution in [2.24, 2.45) is 4.99 Å². The average molecular weight is 309 g/mol. The Balaban J connectivity index is 2.05. The molecule has 2 aromatic rings. The molecule has 1 aliphatic heterocycles. The van der Waals surface area contributed by atoms with Gasteiger partial charge in [-0.3, -0.25) is 19.9 Å². The molecule has 0 radical (unpaired) electrons. The van der Waals surface area contributed by atoms with E-state index in [4.69, 9.17) is 0 Å². The lowest BCUT2D eigenvalue weighted by molar-refractivity contribution is -0.384. The van der Waals surface area contributed by atoms with Crippen molar-refractivity contribution in [2.75, 3.05) is 11.4 Å². The maximum atomic E-state index is 12.5. The third-order valence-electron chi connectivity index (χ3n) is 3.78. The largest absolute Gasteiger partial charge is 0.310 e. The molecular weight excluding hydrogens is 294 g/mol. The summed E-state index contributed by atoms with van der Waals surface area (Å²) in [5.74, 6) is -0.0328. The summed E-state index contributed by atoms with van der Waals surface area (Å²) >= 11 is 0. The van der Waals surface area contributed by atoms with E-state index in [-0.39, 0.29) is 18.0 Å². The summed E-state index contributed by atoms with van der Waals surface area (Å²) in [7, 11) is 0. The van der Waals surface area contributed by atoms with Crippen LogP contribution in [0.3, 0.4) is 0 Å². The molecule has 6 nitrogen and oxygen atoms in total. The lowest BCUT2D eigenvalue weighted by atomic mass is 10.1. The molecule has 0 bridgehead atoms. The third kappa shape index (κ3) is 2.83. The molecule has 0 unspecified atom stereocenters. The standard InChI is InChI=1S/C17H15N3O3/c1-2-19-16-6-4-3-5-14(16)18-15(11-17(19)21)12-7-9-13(10-8-12)20(22)23/h3-10H,2,11H2,1H3. The van der Waals surface area contributed by atoms with Crippen LogP contribution in [0.25, 0.3) is 0 Å². The second-order valence-electron chi connectivity index (χ2n) is 5.17. The Kier molecular flexibility index (Phi) is 3.89. The molecule has 0 aromatic heterocycles. The van der Waals surface area contributed by atoms with Crippen molar-refractivity contribution in [2.45, 2.75) is 13.3 Å². The lowest BCUT2D eigenvalue weighted by Crippen LogP contribution is -2.31. The van der Waals surface area contributed by atoms with E-state index in [0.717, 1.165) is 16.9 Å². The minimum atomic E-state index is -0.446. The van der Waals surface area contributed by atoms with Crippen LogP contribution in [-0.4, -0.2) is 23.1 Å². The second kappa shape index (κ2) is 6.00. The van der Waals surface area contributed by atoms with Crippen molar-refractivity contribution in [3.05, 3.63) is 64.2 Å². The fourth-order valence-electron chi connectivity index (χ4n) is 2.63. The first-order chi connectivity index (χ1) is 11.1. The molecule has 2 aromatic carbocycles. The van der Waals surface area contributed by atoms with Gasteiger partial charge in [0.25, 0.3) is 5.69 Å². The Labute approximate surface area is 133 Å². The second-order valence-corrected chi connectivity index (χ2v) is 5.17. The molecule has 0 saturated carbocycles. The number of aliphatic imine (C=N–C) groups is 1. The van der Waals surface area contributed by atoms with Crippen LogP contribution in [0, 0.1) is 10.1 Å². The first kappa shape index (κ1) is 14.9. The number of carbonyl (C=O) groups is 1. The van der Waals surface area contributed by atoms with Gasteiger partial charge < -0.3 is 4.90 Å². The highest BCUT2D eigenvalue weighted by molar-refractivity contribution is 6.17. The van der Waals surface area contributed by atoms with Crippen LogP contribution in [0.15, 0.2) is 53.5 Å². The Bertz CT molecular complexity index is 797. The first-order valence-electron chi connectivity index (χ1n) is 7.32. The number of hydrogen-bond donors (Lipinski definition) is 0. The molecular formula is C17H15N3O3. The molecule has 3 rings (SSSR count). The van der Waals surface area contributed by atoms with E-state index in [1.165, 1.54) is 12.1 Å². The highest BCUT2D eigenvalue weighted by Gasteiger charge is 2.23. The molecule has 0 spiro atoms. The van der Waals surface area contributed by atoms with Crippen LogP contribution in [0.5, 0.6) is 0 Å². The third-order valence-corrected chi connectivity index (χ3v) is 3.78.